The average molecular weight is 576 g/mol. The Bertz CT molecular complexity index is 1460. The Morgan fingerprint density at radius 1 is 1.12 bits per heavy atom. The second-order valence-corrected chi connectivity index (χ2v) is 11.1. The maximum atomic E-state index is 13.2. The Balaban J connectivity index is 1.24. The molecule has 3 aliphatic rings. The normalized spacial score (nSPS) is 19.8. The van der Waals surface area contributed by atoms with Crippen LogP contribution in [-0.2, 0) is 4.79 Å². The van der Waals surface area contributed by atoms with E-state index in [1.54, 1.807) is 36.2 Å². The summed E-state index contributed by atoms with van der Waals surface area (Å²) in [5.41, 5.74) is 1.98. The fourth-order valence-corrected chi connectivity index (χ4v) is 6.06. The number of likely N-dealkylation sites (N-methyl/N-ethyl adjacent to an activating group) is 2. The van der Waals surface area contributed by atoms with Crippen LogP contribution in [0.2, 0.25) is 0 Å². The highest BCUT2D eigenvalue weighted by atomic mass is 16.5. The van der Waals surface area contributed by atoms with Crippen LogP contribution in [-0.4, -0.2) is 101 Å². The summed E-state index contributed by atoms with van der Waals surface area (Å²) in [6.45, 7) is 4.90. The molecule has 42 heavy (non-hydrogen) atoms. The van der Waals surface area contributed by atoms with Crippen molar-refractivity contribution in [3.8, 4) is 17.2 Å². The van der Waals surface area contributed by atoms with Crippen molar-refractivity contribution in [2.24, 2.45) is 0 Å². The van der Waals surface area contributed by atoms with Crippen molar-refractivity contribution < 1.29 is 18.7 Å². The highest BCUT2D eigenvalue weighted by molar-refractivity contribution is 6.04. The van der Waals surface area contributed by atoms with Crippen LogP contribution in [0.15, 0.2) is 28.8 Å². The SMILES string of the molecule is CC[C@@H]1C(=O)N(C)c2cnc(Nc3ccc(-c4nnc(C(=O)N5CCN(C)CC5)o4)cc3OC)nc2N1C1CCCC1. The number of carbonyl (C=O) groups is 2. The number of hydrogen-bond donors (Lipinski definition) is 1. The molecule has 4 heterocycles. The van der Waals surface area contributed by atoms with Gasteiger partial charge in [0, 0.05) is 44.8 Å². The Labute approximate surface area is 244 Å². The molecule has 2 amide bonds. The standard InChI is InChI=1S/C29H37N9O4/c1-5-21-27(39)36(3)22-17-30-29(32-24(22)38(21)19-8-6-7-9-19)31-20-11-10-18(16-23(20)41-4)25-33-34-26(42-25)28(40)37-14-12-35(2)13-15-37/h10-11,16-17,19,21H,5-9,12-15H2,1-4H3,(H,30,31,32)/t21-/m1/s1. The van der Waals surface area contributed by atoms with Gasteiger partial charge in [-0.15, -0.1) is 10.2 Å². The molecule has 1 atom stereocenters. The zero-order valence-corrected chi connectivity index (χ0v) is 24.5. The van der Waals surface area contributed by atoms with E-state index < -0.39 is 0 Å². The van der Waals surface area contributed by atoms with Crippen LogP contribution < -0.4 is 19.9 Å². The smallest absolute Gasteiger partial charge is 0.311 e. The highest BCUT2D eigenvalue weighted by Crippen LogP contribution is 2.40. The van der Waals surface area contributed by atoms with Gasteiger partial charge >= 0.3 is 11.8 Å². The lowest BCUT2D eigenvalue weighted by atomic mass is 10.0. The summed E-state index contributed by atoms with van der Waals surface area (Å²) in [5.74, 6) is 1.71. The molecule has 2 fully saturated rings. The lowest BCUT2D eigenvalue weighted by Crippen LogP contribution is -2.55. The van der Waals surface area contributed by atoms with Crippen LogP contribution in [0.1, 0.15) is 49.7 Å². The number of nitrogens with zero attached hydrogens (tertiary/aromatic N) is 8. The number of carbonyl (C=O) groups excluding carboxylic acids is 2. The molecular formula is C29H37N9O4. The number of amides is 2. The van der Waals surface area contributed by atoms with E-state index in [0.29, 0.717) is 48.1 Å². The van der Waals surface area contributed by atoms with Crippen LogP contribution >= 0.6 is 0 Å². The molecule has 1 saturated carbocycles. The molecular weight excluding hydrogens is 538 g/mol. The van der Waals surface area contributed by atoms with Crippen molar-refractivity contribution in [2.45, 2.75) is 51.1 Å². The number of aromatic nitrogens is 4. The van der Waals surface area contributed by atoms with Gasteiger partial charge in [-0.25, -0.2) is 4.98 Å². The van der Waals surface area contributed by atoms with Gasteiger partial charge in [-0.1, -0.05) is 19.8 Å². The molecule has 6 rings (SSSR count). The third-order valence-electron chi connectivity index (χ3n) is 8.51. The molecule has 1 aliphatic carbocycles. The molecule has 2 aromatic heterocycles. The third kappa shape index (κ3) is 5.13. The summed E-state index contributed by atoms with van der Waals surface area (Å²) in [5, 5.41) is 11.4. The number of fused-ring (bicyclic) bond motifs is 1. The van der Waals surface area contributed by atoms with Crippen LogP contribution in [0, 0.1) is 0 Å². The van der Waals surface area contributed by atoms with Crippen molar-refractivity contribution in [1.29, 1.82) is 0 Å². The summed E-state index contributed by atoms with van der Waals surface area (Å²) >= 11 is 0. The van der Waals surface area contributed by atoms with E-state index in [-0.39, 0.29) is 35.7 Å². The second kappa shape index (κ2) is 11.6. The number of anilines is 4. The molecule has 1 aromatic carbocycles. The number of benzene rings is 1. The summed E-state index contributed by atoms with van der Waals surface area (Å²) in [6.07, 6.45) is 6.82. The van der Waals surface area contributed by atoms with E-state index in [9.17, 15) is 9.59 Å². The minimum Gasteiger partial charge on any atom is -0.495 e. The van der Waals surface area contributed by atoms with Gasteiger partial charge in [0.15, 0.2) is 5.82 Å². The Morgan fingerprint density at radius 2 is 1.88 bits per heavy atom. The van der Waals surface area contributed by atoms with E-state index in [4.69, 9.17) is 14.1 Å². The molecule has 13 nitrogen and oxygen atoms in total. The molecule has 0 spiro atoms. The van der Waals surface area contributed by atoms with Crippen molar-refractivity contribution in [3.63, 3.8) is 0 Å². The maximum absolute atomic E-state index is 13.2. The first-order valence-electron chi connectivity index (χ1n) is 14.6. The molecule has 1 N–H and O–H groups in total. The minimum atomic E-state index is -0.263. The highest BCUT2D eigenvalue weighted by Gasteiger charge is 2.41. The molecule has 0 bridgehead atoms. The van der Waals surface area contributed by atoms with Crippen LogP contribution in [0.5, 0.6) is 5.75 Å². The first kappa shape index (κ1) is 27.9. The number of piperazine rings is 1. The van der Waals surface area contributed by atoms with Crippen molar-refractivity contribution in [3.05, 3.63) is 30.3 Å². The predicted molar refractivity (Wildman–Crippen MR) is 157 cm³/mol. The van der Waals surface area contributed by atoms with E-state index in [2.05, 4.69) is 30.3 Å². The summed E-state index contributed by atoms with van der Waals surface area (Å²) in [4.78, 5) is 43.3. The van der Waals surface area contributed by atoms with Crippen molar-refractivity contribution in [1.82, 2.24) is 30.0 Å². The van der Waals surface area contributed by atoms with Gasteiger partial charge in [0.05, 0.1) is 19.0 Å². The number of ether oxygens (including phenoxy) is 1. The quantitative estimate of drug-likeness (QED) is 0.445. The van der Waals surface area contributed by atoms with Gasteiger partial charge in [-0.2, -0.15) is 4.98 Å². The van der Waals surface area contributed by atoms with Crippen molar-refractivity contribution >= 4 is 35.0 Å². The zero-order chi connectivity index (χ0) is 29.4. The van der Waals surface area contributed by atoms with Crippen LogP contribution in [0.25, 0.3) is 11.5 Å². The fourth-order valence-electron chi connectivity index (χ4n) is 6.06. The van der Waals surface area contributed by atoms with Gasteiger partial charge in [0.1, 0.15) is 17.5 Å². The largest absolute Gasteiger partial charge is 0.495 e. The van der Waals surface area contributed by atoms with Gasteiger partial charge < -0.3 is 34.1 Å². The molecule has 2 aliphatic heterocycles. The molecule has 222 valence electrons. The number of rotatable bonds is 7. The van der Waals surface area contributed by atoms with Gasteiger partial charge in [-0.05, 0) is 44.5 Å². The van der Waals surface area contributed by atoms with E-state index in [0.717, 1.165) is 44.6 Å². The predicted octanol–water partition coefficient (Wildman–Crippen LogP) is 3.17. The first-order valence-corrected chi connectivity index (χ1v) is 14.6. The topological polar surface area (TPSA) is 133 Å². The molecule has 3 aromatic rings. The lowest BCUT2D eigenvalue weighted by molar-refractivity contribution is -0.120. The van der Waals surface area contributed by atoms with Gasteiger partial charge in [-0.3, -0.25) is 9.59 Å². The summed E-state index contributed by atoms with van der Waals surface area (Å²) in [6, 6.07) is 5.44. The van der Waals surface area contributed by atoms with E-state index >= 15 is 0 Å². The zero-order valence-electron chi connectivity index (χ0n) is 24.5. The summed E-state index contributed by atoms with van der Waals surface area (Å²) < 4.78 is 11.4. The third-order valence-corrected chi connectivity index (χ3v) is 8.51. The van der Waals surface area contributed by atoms with Crippen LogP contribution in [0.3, 0.4) is 0 Å². The van der Waals surface area contributed by atoms with Gasteiger partial charge in [0.25, 0.3) is 0 Å². The van der Waals surface area contributed by atoms with Crippen molar-refractivity contribution in [2.75, 3.05) is 62.5 Å². The Hall–Kier alpha value is -4.26. The summed E-state index contributed by atoms with van der Waals surface area (Å²) in [7, 11) is 5.39. The van der Waals surface area contributed by atoms with E-state index in [1.807, 2.05) is 26.1 Å². The Morgan fingerprint density at radius 3 is 2.60 bits per heavy atom. The van der Waals surface area contributed by atoms with E-state index in [1.165, 1.54) is 0 Å². The number of nitrogens with one attached hydrogen (secondary N) is 1. The number of hydrogen-bond acceptors (Lipinski definition) is 11. The second-order valence-electron chi connectivity index (χ2n) is 11.1. The molecule has 0 unspecified atom stereocenters. The lowest BCUT2D eigenvalue weighted by Gasteiger charge is -2.43. The fraction of sp³-hybridized carbons (Fsp3) is 0.517. The Kier molecular flexibility index (Phi) is 7.67. The molecule has 0 radical (unpaired) electrons. The monoisotopic (exact) mass is 575 g/mol. The van der Waals surface area contributed by atoms with Gasteiger partial charge in [0.2, 0.25) is 17.7 Å². The molecule has 1 saturated heterocycles. The minimum absolute atomic E-state index is 0.0289. The average Bonchev–Trinajstić information content (AvgIpc) is 3.72. The molecule has 13 heteroatoms. The number of methoxy groups -OCH3 is 1. The first-order chi connectivity index (χ1) is 20.4. The van der Waals surface area contributed by atoms with Crippen LogP contribution in [0.4, 0.5) is 23.1 Å². The maximum Gasteiger partial charge on any atom is 0.311 e.